The lowest BCUT2D eigenvalue weighted by Crippen LogP contribution is -2.31. The van der Waals surface area contributed by atoms with Crippen molar-refractivity contribution in [3.05, 3.63) is 5.69 Å². The Morgan fingerprint density at radius 3 is 2.47 bits per heavy atom. The first-order chi connectivity index (χ1) is 6.91. The molecule has 0 aliphatic carbocycles. The van der Waals surface area contributed by atoms with Gasteiger partial charge in [-0.25, -0.2) is 4.68 Å². The second-order valence-electron chi connectivity index (χ2n) is 4.53. The number of aromatic nitrogens is 2. The van der Waals surface area contributed by atoms with E-state index < -0.39 is 0 Å². The second kappa shape index (κ2) is 4.13. The summed E-state index contributed by atoms with van der Waals surface area (Å²) < 4.78 is 1.92. The lowest BCUT2D eigenvalue weighted by molar-refractivity contribution is 0.533. The molecule has 3 N–H and O–H groups in total. The molecule has 15 heavy (non-hydrogen) atoms. The van der Waals surface area contributed by atoms with Gasteiger partial charge in [0, 0.05) is 12.1 Å². The number of nitrogens with one attached hydrogen (secondary N) is 1. The minimum Gasteiger partial charge on any atom is -0.394 e. The van der Waals surface area contributed by atoms with Crippen LogP contribution in [0.15, 0.2) is 0 Å². The van der Waals surface area contributed by atoms with E-state index in [1.807, 2.05) is 11.6 Å². The maximum atomic E-state index is 6.00. The van der Waals surface area contributed by atoms with Gasteiger partial charge in [0.15, 0.2) is 0 Å². The fourth-order valence-corrected chi connectivity index (χ4v) is 1.36. The van der Waals surface area contributed by atoms with E-state index >= 15 is 0 Å². The first-order valence-corrected chi connectivity index (χ1v) is 5.52. The molecule has 0 bridgehead atoms. The van der Waals surface area contributed by atoms with E-state index in [0.717, 1.165) is 30.2 Å². The standard InChI is InChI=1S/C11H22N4/c1-6-11(4,5)13-10-9(12)8(3)14-15(10)7-2/h13H,6-7,12H2,1-5H3. The van der Waals surface area contributed by atoms with Gasteiger partial charge in [-0.3, -0.25) is 0 Å². The monoisotopic (exact) mass is 210 g/mol. The number of nitrogen functional groups attached to an aromatic ring is 1. The predicted molar refractivity (Wildman–Crippen MR) is 65.0 cm³/mol. The largest absolute Gasteiger partial charge is 0.394 e. The van der Waals surface area contributed by atoms with Crippen molar-refractivity contribution >= 4 is 11.5 Å². The Kier molecular flexibility index (Phi) is 3.27. The summed E-state index contributed by atoms with van der Waals surface area (Å²) in [7, 11) is 0. The molecule has 0 unspecified atom stereocenters. The number of rotatable bonds is 4. The van der Waals surface area contributed by atoms with E-state index in [9.17, 15) is 0 Å². The van der Waals surface area contributed by atoms with Crippen LogP contribution in [0.2, 0.25) is 0 Å². The molecule has 0 aliphatic heterocycles. The number of anilines is 2. The first-order valence-electron chi connectivity index (χ1n) is 5.52. The van der Waals surface area contributed by atoms with Crippen LogP contribution in [0.3, 0.4) is 0 Å². The van der Waals surface area contributed by atoms with E-state index in [4.69, 9.17) is 5.73 Å². The predicted octanol–water partition coefficient (Wildman–Crippen LogP) is 2.39. The smallest absolute Gasteiger partial charge is 0.148 e. The zero-order valence-corrected chi connectivity index (χ0v) is 10.4. The zero-order valence-electron chi connectivity index (χ0n) is 10.4. The Hall–Kier alpha value is -1.19. The number of hydrogen-bond acceptors (Lipinski definition) is 3. The lowest BCUT2D eigenvalue weighted by atomic mass is 10.0. The molecule has 4 heteroatoms. The second-order valence-corrected chi connectivity index (χ2v) is 4.53. The van der Waals surface area contributed by atoms with E-state index in [-0.39, 0.29) is 5.54 Å². The van der Waals surface area contributed by atoms with Gasteiger partial charge >= 0.3 is 0 Å². The van der Waals surface area contributed by atoms with Crippen molar-refractivity contribution in [2.75, 3.05) is 11.1 Å². The van der Waals surface area contributed by atoms with E-state index in [0.29, 0.717) is 0 Å². The molecule has 0 aromatic carbocycles. The third-order valence-corrected chi connectivity index (χ3v) is 2.81. The van der Waals surface area contributed by atoms with Crippen molar-refractivity contribution in [2.45, 2.75) is 53.1 Å². The molecule has 0 atom stereocenters. The van der Waals surface area contributed by atoms with Gasteiger partial charge in [-0.15, -0.1) is 0 Å². The molecule has 0 saturated heterocycles. The number of hydrogen-bond donors (Lipinski definition) is 2. The highest BCUT2D eigenvalue weighted by Gasteiger charge is 2.19. The van der Waals surface area contributed by atoms with Crippen LogP contribution < -0.4 is 11.1 Å². The summed E-state index contributed by atoms with van der Waals surface area (Å²) in [5.41, 5.74) is 7.70. The topological polar surface area (TPSA) is 55.9 Å². The fraction of sp³-hybridized carbons (Fsp3) is 0.727. The van der Waals surface area contributed by atoms with Gasteiger partial charge in [-0.2, -0.15) is 5.10 Å². The maximum Gasteiger partial charge on any atom is 0.148 e. The molecule has 0 spiro atoms. The average molecular weight is 210 g/mol. The molecule has 1 aromatic heterocycles. The molecule has 1 aromatic rings. The van der Waals surface area contributed by atoms with Crippen molar-refractivity contribution in [1.29, 1.82) is 0 Å². The van der Waals surface area contributed by atoms with Crippen molar-refractivity contribution in [1.82, 2.24) is 9.78 Å². The van der Waals surface area contributed by atoms with Gasteiger partial charge in [0.2, 0.25) is 0 Å². The Bertz CT molecular complexity index is 339. The molecule has 0 saturated carbocycles. The van der Waals surface area contributed by atoms with Crippen LogP contribution in [0.1, 0.15) is 39.8 Å². The molecule has 0 amide bonds. The highest BCUT2D eigenvalue weighted by Crippen LogP contribution is 2.26. The van der Waals surface area contributed by atoms with Crippen LogP contribution in [0, 0.1) is 6.92 Å². The fourth-order valence-electron chi connectivity index (χ4n) is 1.36. The van der Waals surface area contributed by atoms with Crippen molar-refractivity contribution in [3.63, 3.8) is 0 Å². The zero-order chi connectivity index (χ0) is 11.6. The van der Waals surface area contributed by atoms with E-state index in [1.54, 1.807) is 0 Å². The summed E-state index contributed by atoms with van der Waals surface area (Å²) in [4.78, 5) is 0. The molecule has 1 heterocycles. The summed E-state index contributed by atoms with van der Waals surface area (Å²) in [5.74, 6) is 0.946. The quantitative estimate of drug-likeness (QED) is 0.802. The Labute approximate surface area is 91.8 Å². The summed E-state index contributed by atoms with van der Waals surface area (Å²) in [6.45, 7) is 11.3. The van der Waals surface area contributed by atoms with Gasteiger partial charge in [0.25, 0.3) is 0 Å². The Balaban J connectivity index is 3.03. The molecule has 4 nitrogen and oxygen atoms in total. The summed E-state index contributed by atoms with van der Waals surface area (Å²) in [6, 6.07) is 0. The molecule has 0 aliphatic rings. The van der Waals surface area contributed by atoms with Crippen LogP contribution >= 0.6 is 0 Å². The maximum absolute atomic E-state index is 6.00. The average Bonchev–Trinajstić information content (AvgIpc) is 2.45. The third-order valence-electron chi connectivity index (χ3n) is 2.81. The van der Waals surface area contributed by atoms with E-state index in [1.165, 1.54) is 0 Å². The van der Waals surface area contributed by atoms with Crippen molar-refractivity contribution in [3.8, 4) is 0 Å². The third kappa shape index (κ3) is 2.43. The van der Waals surface area contributed by atoms with Crippen LogP contribution in [0.5, 0.6) is 0 Å². The van der Waals surface area contributed by atoms with Crippen LogP contribution in [0.4, 0.5) is 11.5 Å². The number of nitrogens with two attached hydrogens (primary N) is 1. The summed E-state index contributed by atoms with van der Waals surface area (Å²) in [5, 5.41) is 7.83. The SMILES string of the molecule is CCn1nc(C)c(N)c1NC(C)(C)CC. The van der Waals surface area contributed by atoms with Crippen molar-refractivity contribution < 1.29 is 0 Å². The summed E-state index contributed by atoms with van der Waals surface area (Å²) >= 11 is 0. The van der Waals surface area contributed by atoms with Gasteiger partial charge in [0.05, 0.1) is 11.4 Å². The van der Waals surface area contributed by atoms with Crippen molar-refractivity contribution in [2.24, 2.45) is 0 Å². The summed E-state index contributed by atoms with van der Waals surface area (Å²) in [6.07, 6.45) is 1.04. The molecule has 0 fully saturated rings. The Morgan fingerprint density at radius 2 is 2.00 bits per heavy atom. The minimum absolute atomic E-state index is 0.0491. The van der Waals surface area contributed by atoms with Crippen LogP contribution in [-0.4, -0.2) is 15.3 Å². The lowest BCUT2D eigenvalue weighted by Gasteiger charge is -2.26. The van der Waals surface area contributed by atoms with Gasteiger partial charge < -0.3 is 11.1 Å². The normalized spacial score (nSPS) is 11.8. The molecular formula is C11H22N4. The first kappa shape index (κ1) is 11.9. The molecule has 0 radical (unpaired) electrons. The molecular weight excluding hydrogens is 188 g/mol. The molecule has 86 valence electrons. The van der Waals surface area contributed by atoms with Gasteiger partial charge in [0.1, 0.15) is 5.82 Å². The van der Waals surface area contributed by atoms with E-state index in [2.05, 4.69) is 38.1 Å². The van der Waals surface area contributed by atoms with Gasteiger partial charge in [-0.1, -0.05) is 6.92 Å². The molecule has 1 rings (SSSR count). The number of aryl methyl sites for hydroxylation is 2. The van der Waals surface area contributed by atoms with Gasteiger partial charge in [-0.05, 0) is 34.1 Å². The highest BCUT2D eigenvalue weighted by atomic mass is 15.3. The van der Waals surface area contributed by atoms with Crippen LogP contribution in [0.25, 0.3) is 0 Å². The highest BCUT2D eigenvalue weighted by molar-refractivity contribution is 5.65. The number of nitrogens with zero attached hydrogens (tertiary/aromatic N) is 2. The Morgan fingerprint density at radius 1 is 1.40 bits per heavy atom. The van der Waals surface area contributed by atoms with Crippen LogP contribution in [-0.2, 0) is 6.54 Å². The minimum atomic E-state index is 0.0491.